The van der Waals surface area contributed by atoms with Gasteiger partial charge in [-0.3, -0.25) is 9.69 Å². The molecule has 1 atom stereocenters. The number of halogens is 1. The smallest absolute Gasteiger partial charge is 0.191 e. The molecule has 0 amide bonds. The lowest BCUT2D eigenvalue weighted by atomic mass is 10.1. The summed E-state index contributed by atoms with van der Waals surface area (Å²) in [4.78, 5) is 14.5. The van der Waals surface area contributed by atoms with E-state index in [1.165, 1.54) is 36.0 Å². The van der Waals surface area contributed by atoms with E-state index in [4.69, 9.17) is 0 Å². The average molecular weight is 379 g/mol. The van der Waals surface area contributed by atoms with E-state index in [-0.39, 0.29) is 23.4 Å². The Kier molecular flexibility index (Phi) is 7.78. The Morgan fingerprint density at radius 1 is 1.23 bits per heavy atom. The highest BCUT2D eigenvalue weighted by Gasteiger charge is 2.22. The van der Waals surface area contributed by atoms with Gasteiger partial charge in [0.25, 0.3) is 0 Å². The lowest BCUT2D eigenvalue weighted by Crippen LogP contribution is -2.23. The highest BCUT2D eigenvalue weighted by molar-refractivity contribution is 7.99. The van der Waals surface area contributed by atoms with Crippen molar-refractivity contribution in [1.82, 2.24) is 19.7 Å². The Bertz CT molecular complexity index is 715. The third kappa shape index (κ3) is 5.14. The Hall–Kier alpha value is -1.73. The van der Waals surface area contributed by atoms with Crippen LogP contribution in [0.4, 0.5) is 4.39 Å². The lowest BCUT2D eigenvalue weighted by Gasteiger charge is -2.23. The van der Waals surface area contributed by atoms with Gasteiger partial charge in [0.15, 0.2) is 16.8 Å². The van der Waals surface area contributed by atoms with Crippen molar-refractivity contribution < 1.29 is 9.18 Å². The molecule has 1 aromatic carbocycles. The van der Waals surface area contributed by atoms with Gasteiger partial charge in [0.1, 0.15) is 5.82 Å². The van der Waals surface area contributed by atoms with Crippen LogP contribution in [0, 0.1) is 5.82 Å². The number of carbonyl (C=O) groups excluding carboxylic acids is 1. The van der Waals surface area contributed by atoms with Gasteiger partial charge in [-0.15, -0.1) is 10.2 Å². The summed E-state index contributed by atoms with van der Waals surface area (Å²) < 4.78 is 15.1. The van der Waals surface area contributed by atoms with E-state index in [1.807, 2.05) is 14.1 Å². The number of hydrogen-bond donors (Lipinski definition) is 0. The molecule has 2 aromatic rings. The van der Waals surface area contributed by atoms with Gasteiger partial charge in [0.05, 0.1) is 11.8 Å². The fraction of sp³-hybridized carbons (Fsp3) is 0.526. The molecule has 0 aliphatic carbocycles. The third-order valence-corrected chi connectivity index (χ3v) is 5.25. The van der Waals surface area contributed by atoms with Gasteiger partial charge in [0.2, 0.25) is 0 Å². The van der Waals surface area contributed by atoms with Gasteiger partial charge in [-0.2, -0.15) is 0 Å². The van der Waals surface area contributed by atoms with Gasteiger partial charge in [-0.05, 0) is 51.2 Å². The van der Waals surface area contributed by atoms with Crippen molar-refractivity contribution >= 4 is 17.5 Å². The number of rotatable bonds is 10. The van der Waals surface area contributed by atoms with E-state index in [1.54, 1.807) is 0 Å². The molecule has 5 nitrogen and oxygen atoms in total. The Morgan fingerprint density at radius 2 is 1.92 bits per heavy atom. The predicted molar refractivity (Wildman–Crippen MR) is 103 cm³/mol. The first-order chi connectivity index (χ1) is 12.5. The molecular formula is C19H27FN4OS. The quantitative estimate of drug-likeness (QED) is 0.458. The number of nitrogens with zero attached hydrogens (tertiary/aromatic N) is 4. The molecule has 0 saturated carbocycles. The maximum atomic E-state index is 13.0. The molecule has 0 N–H and O–H groups in total. The first-order valence-corrected chi connectivity index (χ1v) is 9.97. The van der Waals surface area contributed by atoms with Crippen LogP contribution in [-0.2, 0) is 6.54 Å². The van der Waals surface area contributed by atoms with Crippen LogP contribution in [0.2, 0.25) is 0 Å². The molecule has 0 aliphatic rings. The van der Waals surface area contributed by atoms with Crippen molar-refractivity contribution in [1.29, 1.82) is 0 Å². The second-order valence-corrected chi connectivity index (χ2v) is 7.39. The minimum absolute atomic E-state index is 0.0405. The molecule has 0 saturated heterocycles. The van der Waals surface area contributed by atoms with Crippen LogP contribution >= 0.6 is 11.8 Å². The normalized spacial score (nSPS) is 12.5. The molecule has 0 bridgehead atoms. The van der Waals surface area contributed by atoms with Gasteiger partial charge >= 0.3 is 0 Å². The second-order valence-electron chi connectivity index (χ2n) is 6.45. The van der Waals surface area contributed by atoms with E-state index < -0.39 is 0 Å². The number of aromatic nitrogens is 3. The fourth-order valence-corrected chi connectivity index (χ4v) is 3.67. The number of ketones is 1. The van der Waals surface area contributed by atoms with E-state index in [2.05, 4.69) is 33.5 Å². The number of unbranched alkanes of at least 4 members (excludes halogenated alkanes) is 1. The van der Waals surface area contributed by atoms with Crippen LogP contribution in [0.3, 0.4) is 0 Å². The molecule has 0 aliphatic heterocycles. The van der Waals surface area contributed by atoms with Crippen LogP contribution in [0.1, 0.15) is 55.3 Å². The molecule has 1 aromatic heterocycles. The summed E-state index contributed by atoms with van der Waals surface area (Å²) in [7, 11) is 4.08. The zero-order valence-electron chi connectivity index (χ0n) is 15.9. The first kappa shape index (κ1) is 20.6. The zero-order valence-corrected chi connectivity index (χ0v) is 16.7. The van der Waals surface area contributed by atoms with Crippen LogP contribution in [0.15, 0.2) is 29.4 Å². The van der Waals surface area contributed by atoms with E-state index in [0.717, 1.165) is 36.8 Å². The molecule has 0 fully saturated rings. The molecule has 0 radical (unpaired) electrons. The van der Waals surface area contributed by atoms with E-state index in [0.29, 0.717) is 5.56 Å². The topological polar surface area (TPSA) is 51.0 Å². The van der Waals surface area contributed by atoms with Crippen molar-refractivity contribution in [2.24, 2.45) is 0 Å². The maximum Gasteiger partial charge on any atom is 0.191 e. The molecule has 1 unspecified atom stereocenters. The van der Waals surface area contributed by atoms with Crippen LogP contribution in [-0.4, -0.2) is 45.3 Å². The van der Waals surface area contributed by atoms with Gasteiger partial charge in [-0.25, -0.2) is 4.39 Å². The largest absolute Gasteiger partial charge is 0.305 e. The van der Waals surface area contributed by atoms with Crippen molar-refractivity contribution in [3.63, 3.8) is 0 Å². The summed E-state index contributed by atoms with van der Waals surface area (Å²) in [5.41, 5.74) is 0.512. The van der Waals surface area contributed by atoms with Crippen molar-refractivity contribution in [2.45, 2.75) is 50.9 Å². The SMILES string of the molecule is CCCCn1c(SCC(=O)c2ccc(F)cc2)nnc1C(CC)N(C)C. The fourth-order valence-electron chi connectivity index (χ4n) is 2.81. The highest BCUT2D eigenvalue weighted by atomic mass is 32.2. The summed E-state index contributed by atoms with van der Waals surface area (Å²) in [6, 6.07) is 5.85. The highest BCUT2D eigenvalue weighted by Crippen LogP contribution is 2.26. The number of carbonyl (C=O) groups is 1. The number of hydrogen-bond acceptors (Lipinski definition) is 5. The third-order valence-electron chi connectivity index (χ3n) is 4.29. The van der Waals surface area contributed by atoms with E-state index >= 15 is 0 Å². The summed E-state index contributed by atoms with van der Waals surface area (Å²) in [6.45, 7) is 5.13. The summed E-state index contributed by atoms with van der Waals surface area (Å²) in [6.07, 6.45) is 3.06. The number of thioether (sulfide) groups is 1. The molecule has 2 rings (SSSR count). The van der Waals surface area contributed by atoms with Gasteiger partial charge in [0, 0.05) is 12.1 Å². The monoisotopic (exact) mass is 378 g/mol. The van der Waals surface area contributed by atoms with Crippen molar-refractivity contribution in [2.75, 3.05) is 19.8 Å². The molecule has 7 heteroatoms. The summed E-state index contributed by atoms with van der Waals surface area (Å²) >= 11 is 1.39. The zero-order chi connectivity index (χ0) is 19.1. The Labute approximate surface area is 159 Å². The second kappa shape index (κ2) is 9.83. The van der Waals surface area contributed by atoms with Gasteiger partial charge < -0.3 is 4.57 Å². The summed E-state index contributed by atoms with van der Waals surface area (Å²) in [5, 5.41) is 9.52. The van der Waals surface area contributed by atoms with Crippen molar-refractivity contribution in [3.8, 4) is 0 Å². The molecule has 1 heterocycles. The number of benzene rings is 1. The van der Waals surface area contributed by atoms with Crippen LogP contribution in [0.5, 0.6) is 0 Å². The molecule has 0 spiro atoms. The van der Waals surface area contributed by atoms with Gasteiger partial charge in [-0.1, -0.05) is 32.0 Å². The van der Waals surface area contributed by atoms with Crippen molar-refractivity contribution in [3.05, 3.63) is 41.5 Å². The first-order valence-electron chi connectivity index (χ1n) is 8.99. The Morgan fingerprint density at radius 3 is 2.50 bits per heavy atom. The van der Waals surface area contributed by atoms with Crippen LogP contribution in [0.25, 0.3) is 0 Å². The minimum Gasteiger partial charge on any atom is -0.305 e. The standard InChI is InChI=1S/C19H27FN4OS/c1-5-7-12-24-18(16(6-2)23(3)4)21-22-19(24)26-13-17(25)14-8-10-15(20)11-9-14/h8-11,16H,5-7,12-13H2,1-4H3. The van der Waals surface area contributed by atoms with E-state index in [9.17, 15) is 9.18 Å². The van der Waals surface area contributed by atoms with Crippen LogP contribution < -0.4 is 0 Å². The molecular weight excluding hydrogens is 351 g/mol. The minimum atomic E-state index is -0.340. The summed E-state index contributed by atoms with van der Waals surface area (Å²) in [5.74, 6) is 0.825. The number of Topliss-reactive ketones (excluding diaryl/α,β-unsaturated/α-hetero) is 1. The molecule has 142 valence electrons. The molecule has 26 heavy (non-hydrogen) atoms. The Balaban J connectivity index is 2.16. The predicted octanol–water partition coefficient (Wildman–Crippen LogP) is 4.21. The lowest BCUT2D eigenvalue weighted by molar-refractivity contribution is 0.102. The maximum absolute atomic E-state index is 13.0. The average Bonchev–Trinajstić information content (AvgIpc) is 3.01.